The highest BCUT2D eigenvalue weighted by Gasteiger charge is 2.39. The van der Waals surface area contributed by atoms with Crippen molar-refractivity contribution >= 4 is 40.7 Å². The van der Waals surface area contributed by atoms with Crippen LogP contribution in [0.25, 0.3) is 16.9 Å². The van der Waals surface area contributed by atoms with Crippen LogP contribution in [-0.4, -0.2) is 68.4 Å². The molecule has 0 saturated carbocycles. The van der Waals surface area contributed by atoms with E-state index in [1.54, 1.807) is 42.2 Å². The molecular weight excluding hydrogens is 572 g/mol. The normalized spacial score (nSPS) is 14.8. The van der Waals surface area contributed by atoms with Gasteiger partial charge in [0.1, 0.15) is 29.6 Å². The number of benzene rings is 2. The molecule has 1 aliphatic heterocycles. The number of hydrogen-bond donors (Lipinski definition) is 1. The van der Waals surface area contributed by atoms with Crippen LogP contribution in [0.15, 0.2) is 53.2 Å². The Kier molecular flexibility index (Phi) is 9.20. The van der Waals surface area contributed by atoms with E-state index < -0.39 is 0 Å². The number of carbonyl (C=O) groups is 2. The summed E-state index contributed by atoms with van der Waals surface area (Å²) in [5.41, 5.74) is 6.09. The fourth-order valence-corrected chi connectivity index (χ4v) is 7.14. The van der Waals surface area contributed by atoms with Crippen molar-refractivity contribution in [3.63, 3.8) is 0 Å². The standard InChI is InChI=1S/C31H34N4O5S2/c1-19-9-10-22(20(2)15-19)35-31-28(29(33-35)27-23(39-4)7-6-8-24(27)40-5)30(21-11-14-41-17-21)42-18-26(37)34(31)16-25(36)32-12-13-38-3/h6-11,14-15,17,30H,12-13,16,18H2,1-5H3,(H,32,36)/t30-/m1/s1. The Morgan fingerprint density at radius 3 is 2.50 bits per heavy atom. The third-order valence-corrected chi connectivity index (χ3v) is 9.07. The fraction of sp³-hybridized carbons (Fsp3) is 0.323. The average Bonchev–Trinajstić information content (AvgIpc) is 3.62. The van der Waals surface area contributed by atoms with Gasteiger partial charge in [-0.15, -0.1) is 11.8 Å². The monoisotopic (exact) mass is 606 g/mol. The maximum absolute atomic E-state index is 13.9. The van der Waals surface area contributed by atoms with Gasteiger partial charge in [0, 0.05) is 19.2 Å². The zero-order chi connectivity index (χ0) is 29.8. The van der Waals surface area contributed by atoms with Gasteiger partial charge in [0.25, 0.3) is 0 Å². The molecule has 1 atom stereocenters. The van der Waals surface area contributed by atoms with Crippen molar-refractivity contribution in [1.82, 2.24) is 15.1 Å². The van der Waals surface area contributed by atoms with Crippen LogP contribution in [-0.2, 0) is 14.3 Å². The smallest absolute Gasteiger partial charge is 0.240 e. The summed E-state index contributed by atoms with van der Waals surface area (Å²) in [6.07, 6.45) is 0. The lowest BCUT2D eigenvalue weighted by Crippen LogP contribution is -2.43. The van der Waals surface area contributed by atoms with E-state index in [-0.39, 0.29) is 29.4 Å². The Hall–Kier alpha value is -3.80. The van der Waals surface area contributed by atoms with Crippen LogP contribution in [0.4, 0.5) is 5.82 Å². The van der Waals surface area contributed by atoms with Crippen LogP contribution < -0.4 is 19.7 Å². The highest BCUT2D eigenvalue weighted by molar-refractivity contribution is 8.00. The number of thioether (sulfide) groups is 1. The first-order valence-corrected chi connectivity index (χ1v) is 15.5. The Morgan fingerprint density at radius 1 is 1.10 bits per heavy atom. The van der Waals surface area contributed by atoms with Crippen LogP contribution in [0.2, 0.25) is 0 Å². The van der Waals surface area contributed by atoms with Crippen LogP contribution in [0, 0.1) is 13.8 Å². The number of fused-ring (bicyclic) bond motifs is 1. The van der Waals surface area contributed by atoms with Crippen molar-refractivity contribution in [1.29, 1.82) is 0 Å². The number of ether oxygens (including phenoxy) is 3. The maximum Gasteiger partial charge on any atom is 0.240 e. The highest BCUT2D eigenvalue weighted by Crippen LogP contribution is 2.52. The number of carbonyl (C=O) groups excluding carboxylic acids is 2. The number of nitrogens with one attached hydrogen (secondary N) is 1. The molecule has 9 nitrogen and oxygen atoms in total. The first kappa shape index (κ1) is 29.7. The summed E-state index contributed by atoms with van der Waals surface area (Å²) in [4.78, 5) is 28.6. The van der Waals surface area contributed by atoms with Crippen molar-refractivity contribution in [2.24, 2.45) is 0 Å². The Labute approximate surface area is 253 Å². The number of aryl methyl sites for hydroxylation is 2. The predicted octanol–water partition coefficient (Wildman–Crippen LogP) is 5.17. The van der Waals surface area contributed by atoms with Gasteiger partial charge in [0.05, 0.1) is 43.1 Å². The Morgan fingerprint density at radius 2 is 1.86 bits per heavy atom. The second-order valence-corrected chi connectivity index (χ2v) is 11.8. The first-order valence-electron chi connectivity index (χ1n) is 13.5. The molecule has 1 N–H and O–H groups in total. The summed E-state index contributed by atoms with van der Waals surface area (Å²) in [5, 5.41) is 12.0. The molecule has 3 heterocycles. The molecule has 0 fully saturated rings. The summed E-state index contributed by atoms with van der Waals surface area (Å²) in [5.74, 6) is 1.47. The van der Waals surface area contributed by atoms with Gasteiger partial charge >= 0.3 is 0 Å². The van der Waals surface area contributed by atoms with E-state index in [1.165, 1.54) is 11.8 Å². The second kappa shape index (κ2) is 13.0. The number of amides is 2. The largest absolute Gasteiger partial charge is 0.496 e. The average molecular weight is 607 g/mol. The zero-order valence-electron chi connectivity index (χ0n) is 24.3. The first-order chi connectivity index (χ1) is 20.4. The molecule has 5 rings (SSSR count). The van der Waals surface area contributed by atoms with Gasteiger partial charge in [-0.3, -0.25) is 14.5 Å². The summed E-state index contributed by atoms with van der Waals surface area (Å²) in [6.45, 7) is 4.61. The van der Waals surface area contributed by atoms with Crippen LogP contribution in [0.5, 0.6) is 11.5 Å². The van der Waals surface area contributed by atoms with Crippen LogP contribution in [0.3, 0.4) is 0 Å². The molecule has 1 aliphatic rings. The SMILES string of the molecule is COCCNC(=O)CN1C(=O)CS[C@H](c2ccsc2)c2c(-c3c(OC)cccc3OC)nn(-c3ccc(C)cc3C)c21. The molecule has 2 amide bonds. The van der Waals surface area contributed by atoms with Gasteiger partial charge in [-0.2, -0.15) is 16.4 Å². The van der Waals surface area contributed by atoms with Crippen LogP contribution in [0.1, 0.15) is 27.5 Å². The van der Waals surface area contributed by atoms with E-state index >= 15 is 0 Å². The lowest BCUT2D eigenvalue weighted by atomic mass is 9.99. The highest BCUT2D eigenvalue weighted by atomic mass is 32.2. The fourth-order valence-electron chi connectivity index (χ4n) is 5.18. The molecule has 11 heteroatoms. The minimum atomic E-state index is -0.282. The number of aromatic nitrogens is 2. The maximum atomic E-state index is 13.9. The van der Waals surface area contributed by atoms with E-state index in [1.807, 2.05) is 49.6 Å². The van der Waals surface area contributed by atoms with E-state index in [9.17, 15) is 9.59 Å². The zero-order valence-corrected chi connectivity index (χ0v) is 25.9. The molecule has 0 aliphatic carbocycles. The molecule has 0 saturated heterocycles. The van der Waals surface area contributed by atoms with Crippen molar-refractivity contribution < 1.29 is 23.8 Å². The molecule has 220 valence electrons. The molecule has 0 spiro atoms. The van der Waals surface area contributed by atoms with Crippen LogP contribution >= 0.6 is 23.1 Å². The van der Waals surface area contributed by atoms with Crippen molar-refractivity contribution in [3.05, 3.63) is 75.5 Å². The number of methoxy groups -OCH3 is 3. The summed E-state index contributed by atoms with van der Waals surface area (Å²) in [7, 11) is 4.81. The number of thiophene rings is 1. The lowest BCUT2D eigenvalue weighted by molar-refractivity contribution is -0.123. The van der Waals surface area contributed by atoms with Gasteiger partial charge in [0.2, 0.25) is 11.8 Å². The summed E-state index contributed by atoms with van der Waals surface area (Å²) < 4.78 is 18.5. The lowest BCUT2D eigenvalue weighted by Gasteiger charge is -2.23. The van der Waals surface area contributed by atoms with Crippen molar-refractivity contribution in [2.45, 2.75) is 19.1 Å². The molecular formula is C31H34N4O5S2. The van der Waals surface area contributed by atoms with E-state index in [4.69, 9.17) is 19.3 Å². The van der Waals surface area contributed by atoms with Gasteiger partial charge in [-0.1, -0.05) is 23.8 Å². The third-order valence-electron chi connectivity index (χ3n) is 7.11. The second-order valence-electron chi connectivity index (χ2n) is 9.90. The van der Waals surface area contributed by atoms with Gasteiger partial charge in [0.15, 0.2) is 0 Å². The molecule has 2 aromatic carbocycles. The van der Waals surface area contributed by atoms with Crippen molar-refractivity contribution in [3.8, 4) is 28.4 Å². The minimum Gasteiger partial charge on any atom is -0.496 e. The molecule has 0 radical (unpaired) electrons. The molecule has 2 aromatic heterocycles. The summed E-state index contributed by atoms with van der Waals surface area (Å²) in [6, 6.07) is 13.8. The van der Waals surface area contributed by atoms with E-state index in [2.05, 4.69) is 22.8 Å². The number of rotatable bonds is 10. The Bertz CT molecular complexity index is 1560. The van der Waals surface area contributed by atoms with E-state index in [0.29, 0.717) is 41.7 Å². The summed E-state index contributed by atoms with van der Waals surface area (Å²) >= 11 is 3.12. The molecule has 0 bridgehead atoms. The minimum absolute atomic E-state index is 0.161. The number of hydrogen-bond acceptors (Lipinski definition) is 8. The third kappa shape index (κ3) is 5.77. The quantitative estimate of drug-likeness (QED) is 0.249. The molecule has 0 unspecified atom stereocenters. The molecule has 4 aromatic rings. The van der Waals surface area contributed by atoms with Gasteiger partial charge < -0.3 is 19.5 Å². The van der Waals surface area contributed by atoms with Gasteiger partial charge in [-0.05, 0) is 60.0 Å². The topological polar surface area (TPSA) is 94.9 Å². The van der Waals surface area contributed by atoms with Crippen molar-refractivity contribution in [2.75, 3.05) is 51.7 Å². The predicted molar refractivity (Wildman–Crippen MR) is 167 cm³/mol. The number of nitrogens with zero attached hydrogens (tertiary/aromatic N) is 3. The number of anilines is 1. The Balaban J connectivity index is 1.83. The van der Waals surface area contributed by atoms with Gasteiger partial charge in [-0.25, -0.2) is 4.68 Å². The molecule has 42 heavy (non-hydrogen) atoms. The van der Waals surface area contributed by atoms with E-state index in [0.717, 1.165) is 27.9 Å².